The maximum Gasteiger partial charge on any atom is 0.274 e. The second-order valence-electron chi connectivity index (χ2n) is 3.56. The molecule has 0 aromatic rings. The Labute approximate surface area is 60.1 Å². The molecular formula is C7H20NSi+. The van der Waals surface area contributed by atoms with Crippen LogP contribution in [-0.2, 0) is 0 Å². The molecule has 0 atom stereocenters. The third-order valence-corrected chi connectivity index (χ3v) is 4.74. The molecule has 0 saturated carbocycles. The van der Waals surface area contributed by atoms with E-state index in [-0.39, 0.29) is 0 Å². The Kier molecular flexibility index (Phi) is 3.44. The van der Waals surface area contributed by atoms with Crippen molar-refractivity contribution in [3.05, 3.63) is 0 Å². The Morgan fingerprint density at radius 2 is 1.33 bits per heavy atom. The van der Waals surface area contributed by atoms with Crippen molar-refractivity contribution in [2.24, 2.45) is 0 Å². The summed E-state index contributed by atoms with van der Waals surface area (Å²) in [5, 5.41) is 0. The van der Waals surface area contributed by atoms with Crippen LogP contribution in [-0.4, -0.2) is 21.3 Å². The lowest BCUT2D eigenvalue weighted by Crippen LogP contribution is -3.20. The van der Waals surface area contributed by atoms with E-state index in [2.05, 4.69) is 33.5 Å². The van der Waals surface area contributed by atoms with E-state index in [0.29, 0.717) is 0 Å². The molecule has 0 fully saturated rings. The van der Waals surface area contributed by atoms with E-state index in [4.69, 9.17) is 0 Å². The third-order valence-electron chi connectivity index (χ3n) is 1.91. The van der Waals surface area contributed by atoms with Crippen LogP contribution in [0.25, 0.3) is 0 Å². The Balaban J connectivity index is 3.79. The van der Waals surface area contributed by atoms with Crippen molar-refractivity contribution in [3.8, 4) is 0 Å². The summed E-state index contributed by atoms with van der Waals surface area (Å²) in [4.78, 5) is 0. The van der Waals surface area contributed by atoms with Crippen molar-refractivity contribution < 1.29 is 4.57 Å². The fourth-order valence-corrected chi connectivity index (χ4v) is 3.43. The molecule has 1 N–H and O–H groups in total. The lowest BCUT2D eigenvalue weighted by Gasteiger charge is -2.27. The summed E-state index contributed by atoms with van der Waals surface area (Å²) in [6, 6.07) is 0. The highest BCUT2D eigenvalue weighted by molar-refractivity contribution is 6.67. The van der Waals surface area contributed by atoms with Gasteiger partial charge in [0, 0.05) is 0 Å². The normalized spacial score (nSPS) is 12.7. The smallest absolute Gasteiger partial charge is 0.274 e. The fourth-order valence-electron chi connectivity index (χ4n) is 1.31. The van der Waals surface area contributed by atoms with Gasteiger partial charge in [-0.25, -0.2) is 0 Å². The minimum absolute atomic E-state index is 0.870. The quantitative estimate of drug-likeness (QED) is 0.560. The van der Waals surface area contributed by atoms with E-state index < -0.39 is 8.24 Å². The van der Waals surface area contributed by atoms with E-state index in [1.807, 2.05) is 4.57 Å². The van der Waals surface area contributed by atoms with E-state index in [0.717, 1.165) is 0 Å². The number of nitrogens with one attached hydrogen (secondary N) is 1. The van der Waals surface area contributed by atoms with Crippen LogP contribution in [0.4, 0.5) is 0 Å². The molecule has 9 heavy (non-hydrogen) atoms. The molecule has 0 aliphatic carbocycles. The largest absolute Gasteiger partial charge is 0.395 e. The molecule has 0 aromatic carbocycles. The van der Waals surface area contributed by atoms with Crippen LogP contribution >= 0.6 is 0 Å². The maximum atomic E-state index is 2.43. The van der Waals surface area contributed by atoms with Crippen LogP contribution in [0.15, 0.2) is 0 Å². The summed E-state index contributed by atoms with van der Waals surface area (Å²) in [7, 11) is -0.870. The summed E-state index contributed by atoms with van der Waals surface area (Å²) < 4.78 is 1.81. The molecule has 0 spiro atoms. The van der Waals surface area contributed by atoms with Crippen molar-refractivity contribution >= 4 is 8.24 Å². The molecule has 0 heterocycles. The molecule has 0 bridgehead atoms. The predicted octanol–water partition coefficient (Wildman–Crippen LogP) is 0.746. The van der Waals surface area contributed by atoms with Crippen LogP contribution in [0, 0.1) is 0 Å². The van der Waals surface area contributed by atoms with E-state index in [9.17, 15) is 0 Å². The Bertz CT molecular complexity index is 71.5. The van der Waals surface area contributed by atoms with Crippen molar-refractivity contribution in [2.45, 2.75) is 33.5 Å². The van der Waals surface area contributed by atoms with Gasteiger partial charge in [0.15, 0.2) is 0 Å². The van der Waals surface area contributed by atoms with Crippen LogP contribution in [0.1, 0.15) is 13.8 Å². The van der Waals surface area contributed by atoms with E-state index >= 15 is 0 Å². The highest BCUT2D eigenvalue weighted by Crippen LogP contribution is 1.86. The lowest BCUT2D eigenvalue weighted by atomic mass is 10.7. The Morgan fingerprint density at radius 1 is 1.00 bits per heavy atom. The molecule has 1 nitrogen and oxygen atoms in total. The van der Waals surface area contributed by atoms with E-state index in [1.54, 1.807) is 0 Å². The average molecular weight is 146 g/mol. The molecular weight excluding hydrogens is 126 g/mol. The maximum absolute atomic E-state index is 2.43. The zero-order chi connectivity index (χ0) is 7.49. The molecule has 0 radical (unpaired) electrons. The zero-order valence-electron chi connectivity index (χ0n) is 7.41. The lowest BCUT2D eigenvalue weighted by molar-refractivity contribution is -0.792. The van der Waals surface area contributed by atoms with Gasteiger partial charge in [-0.15, -0.1) is 0 Å². The monoisotopic (exact) mass is 146 g/mol. The standard InChI is InChI=1S/C7H19NSi/c1-6-8(7-2)9(3,4)5/h6-7H2,1-5H3/p+1. The Morgan fingerprint density at radius 3 is 1.33 bits per heavy atom. The first-order chi connectivity index (χ1) is 4.02. The molecule has 56 valence electrons. The zero-order valence-corrected chi connectivity index (χ0v) is 8.41. The van der Waals surface area contributed by atoms with E-state index in [1.165, 1.54) is 13.1 Å². The van der Waals surface area contributed by atoms with Crippen molar-refractivity contribution in [1.82, 2.24) is 0 Å². The van der Waals surface area contributed by atoms with Crippen molar-refractivity contribution in [2.75, 3.05) is 13.1 Å². The van der Waals surface area contributed by atoms with Gasteiger partial charge < -0.3 is 4.57 Å². The molecule has 0 aromatic heterocycles. The second-order valence-corrected chi connectivity index (χ2v) is 8.77. The number of hydrogen-bond donors (Lipinski definition) is 1. The van der Waals surface area contributed by atoms with Crippen molar-refractivity contribution in [1.29, 1.82) is 0 Å². The molecule has 2 heteroatoms. The summed E-state index contributed by atoms with van der Waals surface area (Å²) in [6.07, 6.45) is 0. The molecule has 0 saturated heterocycles. The van der Waals surface area contributed by atoms with Gasteiger partial charge in [-0.1, -0.05) is 0 Å². The Hall–Kier alpha value is 0.177. The highest BCUT2D eigenvalue weighted by atomic mass is 28.3. The summed E-state index contributed by atoms with van der Waals surface area (Å²) >= 11 is 0. The van der Waals surface area contributed by atoms with Gasteiger partial charge in [-0.2, -0.15) is 0 Å². The molecule has 0 unspecified atom stereocenters. The van der Waals surface area contributed by atoms with Gasteiger partial charge in [-0.3, -0.25) is 0 Å². The van der Waals surface area contributed by atoms with Gasteiger partial charge >= 0.3 is 0 Å². The van der Waals surface area contributed by atoms with Gasteiger partial charge in [0.05, 0.1) is 13.1 Å². The summed E-state index contributed by atoms with van der Waals surface area (Å²) in [5.41, 5.74) is 0. The topological polar surface area (TPSA) is 4.44 Å². The number of rotatable bonds is 3. The second kappa shape index (κ2) is 3.37. The molecule has 0 aliphatic rings. The number of hydrogen-bond acceptors (Lipinski definition) is 0. The minimum atomic E-state index is -0.870. The van der Waals surface area contributed by atoms with Crippen LogP contribution < -0.4 is 4.57 Å². The molecule has 0 aliphatic heterocycles. The number of quaternary nitrogens is 1. The van der Waals surface area contributed by atoms with Gasteiger partial charge in [0.1, 0.15) is 0 Å². The average Bonchev–Trinajstić information content (AvgIpc) is 1.65. The summed E-state index contributed by atoms with van der Waals surface area (Å²) in [5.74, 6) is 0. The van der Waals surface area contributed by atoms with Crippen LogP contribution in [0.3, 0.4) is 0 Å². The first-order valence-corrected chi connectivity index (χ1v) is 7.37. The van der Waals surface area contributed by atoms with Gasteiger partial charge in [0.2, 0.25) is 0 Å². The SMILES string of the molecule is CC[NH+](CC)[Si](C)(C)C. The minimum Gasteiger partial charge on any atom is -0.395 e. The predicted molar refractivity (Wildman–Crippen MR) is 45.4 cm³/mol. The fraction of sp³-hybridized carbons (Fsp3) is 1.00. The van der Waals surface area contributed by atoms with Gasteiger partial charge in [0.25, 0.3) is 8.24 Å². The van der Waals surface area contributed by atoms with Gasteiger partial charge in [-0.05, 0) is 33.5 Å². The van der Waals surface area contributed by atoms with Crippen molar-refractivity contribution in [3.63, 3.8) is 0 Å². The van der Waals surface area contributed by atoms with Crippen LogP contribution in [0.5, 0.6) is 0 Å². The first kappa shape index (κ1) is 9.18. The summed E-state index contributed by atoms with van der Waals surface area (Å²) in [6.45, 7) is 14.4. The highest BCUT2D eigenvalue weighted by Gasteiger charge is 2.26. The molecule has 0 rings (SSSR count). The third kappa shape index (κ3) is 3.01. The molecule has 0 amide bonds. The first-order valence-electron chi connectivity index (χ1n) is 3.87. The van der Waals surface area contributed by atoms with Crippen LogP contribution in [0.2, 0.25) is 19.6 Å².